The summed E-state index contributed by atoms with van der Waals surface area (Å²) in [7, 11) is -2.51. The van der Waals surface area contributed by atoms with Crippen LogP contribution in [0.25, 0.3) is 0 Å². The van der Waals surface area contributed by atoms with Crippen molar-refractivity contribution in [1.82, 2.24) is 0 Å². The maximum Gasteiger partial charge on any atom is 0.411 e. The van der Waals surface area contributed by atoms with Crippen LogP contribution in [0.4, 0.5) is 16.2 Å². The summed E-state index contributed by atoms with van der Waals surface area (Å²) in [6.07, 6.45) is -0.714. The van der Waals surface area contributed by atoms with Gasteiger partial charge in [0.25, 0.3) is 10.0 Å². The van der Waals surface area contributed by atoms with Crippen molar-refractivity contribution in [3.05, 3.63) is 36.4 Å². The minimum absolute atomic E-state index is 0.0623. The van der Waals surface area contributed by atoms with Crippen LogP contribution >= 0.6 is 0 Å². The van der Waals surface area contributed by atoms with E-state index in [-0.39, 0.29) is 24.0 Å². The summed E-state index contributed by atoms with van der Waals surface area (Å²) in [5.41, 5.74) is 0.486. The zero-order chi connectivity index (χ0) is 19.4. The summed E-state index contributed by atoms with van der Waals surface area (Å²) in [6, 6.07) is 8.79. The molecule has 1 aliphatic heterocycles. The number of benzene rings is 2. The number of sulfonamides is 1. The zero-order valence-electron chi connectivity index (χ0n) is 14.6. The molecule has 9 nitrogen and oxygen atoms in total. The number of carbonyl (C=O) groups excluding carboxylic acids is 1. The van der Waals surface area contributed by atoms with E-state index >= 15 is 0 Å². The molecule has 0 unspecified atom stereocenters. The Balaban J connectivity index is 1.86. The molecule has 2 aromatic rings. The second-order valence-corrected chi connectivity index (χ2v) is 7.06. The minimum Gasteiger partial charge on any atom is -0.495 e. The van der Waals surface area contributed by atoms with Gasteiger partial charge in [0.1, 0.15) is 5.75 Å². The van der Waals surface area contributed by atoms with E-state index in [1.54, 1.807) is 19.1 Å². The van der Waals surface area contributed by atoms with Gasteiger partial charge in [-0.15, -0.1) is 0 Å². The highest BCUT2D eigenvalue weighted by atomic mass is 32.2. The number of hydrogen-bond acceptors (Lipinski definition) is 7. The van der Waals surface area contributed by atoms with Crippen LogP contribution in [-0.4, -0.2) is 35.0 Å². The molecular formula is C17H18N2O7S. The van der Waals surface area contributed by atoms with Crippen LogP contribution in [0.5, 0.6) is 17.2 Å². The molecule has 0 spiro atoms. The van der Waals surface area contributed by atoms with E-state index in [2.05, 4.69) is 10.0 Å². The van der Waals surface area contributed by atoms with E-state index in [0.29, 0.717) is 22.9 Å². The van der Waals surface area contributed by atoms with E-state index in [9.17, 15) is 13.2 Å². The van der Waals surface area contributed by atoms with Gasteiger partial charge in [0.2, 0.25) is 6.79 Å². The van der Waals surface area contributed by atoms with Gasteiger partial charge in [0.15, 0.2) is 11.5 Å². The Morgan fingerprint density at radius 3 is 2.67 bits per heavy atom. The molecule has 0 aromatic heterocycles. The Hall–Kier alpha value is -3.14. The van der Waals surface area contributed by atoms with Gasteiger partial charge in [0, 0.05) is 6.07 Å². The van der Waals surface area contributed by atoms with Gasteiger partial charge in [-0.3, -0.25) is 10.0 Å². The Morgan fingerprint density at radius 2 is 1.93 bits per heavy atom. The molecule has 0 atom stereocenters. The highest BCUT2D eigenvalue weighted by Crippen LogP contribution is 2.35. The fraction of sp³-hybridized carbons (Fsp3) is 0.235. The van der Waals surface area contributed by atoms with Crippen molar-refractivity contribution in [2.45, 2.75) is 11.8 Å². The minimum atomic E-state index is -3.92. The molecule has 0 radical (unpaired) electrons. The van der Waals surface area contributed by atoms with Crippen molar-refractivity contribution in [1.29, 1.82) is 0 Å². The summed E-state index contributed by atoms with van der Waals surface area (Å²) in [5, 5.41) is 2.46. The highest BCUT2D eigenvalue weighted by molar-refractivity contribution is 7.92. The third kappa shape index (κ3) is 4.17. The molecule has 1 amide bonds. The van der Waals surface area contributed by atoms with Gasteiger partial charge >= 0.3 is 6.09 Å². The first-order valence-corrected chi connectivity index (χ1v) is 9.45. The Labute approximate surface area is 156 Å². The van der Waals surface area contributed by atoms with Crippen molar-refractivity contribution in [3.63, 3.8) is 0 Å². The molecule has 27 heavy (non-hydrogen) atoms. The van der Waals surface area contributed by atoms with Crippen LogP contribution < -0.4 is 24.2 Å². The Kier molecular flexibility index (Phi) is 5.26. The first kappa shape index (κ1) is 18.6. The lowest BCUT2D eigenvalue weighted by atomic mass is 10.3. The lowest BCUT2D eigenvalue weighted by Gasteiger charge is -2.13. The third-order valence-electron chi connectivity index (χ3n) is 3.62. The van der Waals surface area contributed by atoms with Gasteiger partial charge in [0.05, 0.1) is 30.0 Å². The van der Waals surface area contributed by atoms with Crippen molar-refractivity contribution in [2.24, 2.45) is 0 Å². The Bertz CT molecular complexity index is 960. The number of anilines is 2. The molecule has 0 bridgehead atoms. The quantitative estimate of drug-likeness (QED) is 0.775. The van der Waals surface area contributed by atoms with Crippen LogP contribution in [0.15, 0.2) is 41.3 Å². The fourth-order valence-corrected chi connectivity index (χ4v) is 3.48. The van der Waals surface area contributed by atoms with Crippen LogP contribution in [0.1, 0.15) is 6.92 Å². The van der Waals surface area contributed by atoms with E-state index in [4.69, 9.17) is 18.9 Å². The SMILES string of the molecule is CCOC(=O)Nc1cc(S(=O)(=O)Nc2ccc3c(c2)OCO3)ccc1OC. The molecule has 0 fully saturated rings. The third-order valence-corrected chi connectivity index (χ3v) is 5.00. The topological polar surface area (TPSA) is 112 Å². The number of ether oxygens (including phenoxy) is 4. The van der Waals surface area contributed by atoms with Crippen LogP contribution in [-0.2, 0) is 14.8 Å². The van der Waals surface area contributed by atoms with E-state index in [1.807, 2.05) is 0 Å². The maximum absolute atomic E-state index is 12.7. The molecule has 2 N–H and O–H groups in total. The number of rotatable bonds is 6. The predicted octanol–water partition coefficient (Wildman–Crippen LogP) is 2.79. The van der Waals surface area contributed by atoms with E-state index < -0.39 is 16.1 Å². The number of methoxy groups -OCH3 is 1. The molecule has 0 saturated carbocycles. The first-order valence-electron chi connectivity index (χ1n) is 7.97. The lowest BCUT2D eigenvalue weighted by Crippen LogP contribution is -2.16. The molecule has 3 rings (SSSR count). The van der Waals surface area contributed by atoms with Gasteiger partial charge < -0.3 is 18.9 Å². The standard InChI is InChI=1S/C17H18N2O7S/c1-3-24-17(20)18-13-9-12(5-7-14(13)23-2)27(21,22)19-11-4-6-15-16(8-11)26-10-25-15/h4-9,19H,3,10H2,1-2H3,(H,18,20). The molecular weight excluding hydrogens is 376 g/mol. The van der Waals surface area contributed by atoms with Crippen LogP contribution in [0.3, 0.4) is 0 Å². The van der Waals surface area contributed by atoms with Crippen LogP contribution in [0, 0.1) is 0 Å². The fourth-order valence-electron chi connectivity index (χ4n) is 2.40. The molecule has 144 valence electrons. The normalized spacial score (nSPS) is 12.4. The molecule has 1 heterocycles. The average Bonchev–Trinajstić information content (AvgIpc) is 3.09. The second kappa shape index (κ2) is 7.62. The summed E-state index contributed by atoms with van der Waals surface area (Å²) < 4.78 is 48.3. The van der Waals surface area contributed by atoms with E-state index in [0.717, 1.165) is 0 Å². The van der Waals surface area contributed by atoms with Crippen molar-refractivity contribution in [3.8, 4) is 17.2 Å². The van der Waals surface area contributed by atoms with Gasteiger partial charge in [-0.1, -0.05) is 0 Å². The zero-order valence-corrected chi connectivity index (χ0v) is 15.5. The molecule has 10 heteroatoms. The average molecular weight is 394 g/mol. The molecule has 0 saturated heterocycles. The van der Waals surface area contributed by atoms with Gasteiger partial charge in [-0.2, -0.15) is 0 Å². The largest absolute Gasteiger partial charge is 0.495 e. The number of amides is 1. The van der Waals surface area contributed by atoms with E-state index in [1.165, 1.54) is 31.4 Å². The summed E-state index contributed by atoms with van der Waals surface area (Å²) in [6.45, 7) is 1.93. The summed E-state index contributed by atoms with van der Waals surface area (Å²) in [4.78, 5) is 11.6. The first-order chi connectivity index (χ1) is 12.9. The van der Waals surface area contributed by atoms with Crippen molar-refractivity contribution >= 4 is 27.5 Å². The van der Waals surface area contributed by atoms with Gasteiger partial charge in [-0.05, 0) is 37.3 Å². The lowest BCUT2D eigenvalue weighted by molar-refractivity contribution is 0.167. The summed E-state index contributed by atoms with van der Waals surface area (Å²) in [5.74, 6) is 1.29. The monoisotopic (exact) mass is 394 g/mol. The van der Waals surface area contributed by atoms with Crippen LogP contribution in [0.2, 0.25) is 0 Å². The van der Waals surface area contributed by atoms with Gasteiger partial charge in [-0.25, -0.2) is 13.2 Å². The smallest absolute Gasteiger partial charge is 0.411 e. The van der Waals surface area contributed by atoms with Crippen molar-refractivity contribution < 1.29 is 32.2 Å². The number of fused-ring (bicyclic) bond motifs is 1. The van der Waals surface area contributed by atoms with Crippen molar-refractivity contribution in [2.75, 3.05) is 30.5 Å². The highest BCUT2D eigenvalue weighted by Gasteiger charge is 2.20. The number of nitrogens with one attached hydrogen (secondary N) is 2. The molecule has 2 aromatic carbocycles. The molecule has 1 aliphatic rings. The molecule has 0 aliphatic carbocycles. The number of carbonyl (C=O) groups is 1. The second-order valence-electron chi connectivity index (χ2n) is 5.38. The predicted molar refractivity (Wildman–Crippen MR) is 97.0 cm³/mol. The number of hydrogen-bond donors (Lipinski definition) is 2. The maximum atomic E-state index is 12.7. The Morgan fingerprint density at radius 1 is 1.15 bits per heavy atom. The summed E-state index contributed by atoms with van der Waals surface area (Å²) >= 11 is 0.